The minimum absolute atomic E-state index is 0.271. The Morgan fingerprint density at radius 1 is 1.21 bits per heavy atom. The van der Waals surface area contributed by atoms with Crippen molar-refractivity contribution in [1.29, 1.82) is 0 Å². The van der Waals surface area contributed by atoms with Crippen molar-refractivity contribution in [3.05, 3.63) is 47.2 Å². The number of guanidine groups is 1. The lowest BCUT2D eigenvalue weighted by atomic mass is 10.1. The number of aryl methyl sites for hydroxylation is 1. The van der Waals surface area contributed by atoms with Crippen LogP contribution in [0.5, 0.6) is 0 Å². The molecule has 0 spiro atoms. The summed E-state index contributed by atoms with van der Waals surface area (Å²) in [7, 11) is 0. The van der Waals surface area contributed by atoms with Crippen LogP contribution in [0.1, 0.15) is 49.7 Å². The fourth-order valence-electron chi connectivity index (χ4n) is 3.17. The fourth-order valence-corrected chi connectivity index (χ4v) is 3.17. The lowest BCUT2D eigenvalue weighted by molar-refractivity contribution is 0.372. The van der Waals surface area contributed by atoms with Crippen LogP contribution in [0.4, 0.5) is 0 Å². The van der Waals surface area contributed by atoms with Crippen LogP contribution in [0, 0.1) is 6.92 Å². The molecular weight excluding hydrogens is 352 g/mol. The Balaban J connectivity index is 1.54. The van der Waals surface area contributed by atoms with E-state index in [9.17, 15) is 0 Å². The van der Waals surface area contributed by atoms with Crippen LogP contribution in [0.2, 0.25) is 0 Å². The molecule has 0 saturated carbocycles. The molecule has 0 aliphatic heterocycles. The second-order valence-electron chi connectivity index (χ2n) is 7.16. The molecule has 2 heterocycles. The summed E-state index contributed by atoms with van der Waals surface area (Å²) in [6.07, 6.45) is 1.57. The van der Waals surface area contributed by atoms with Crippen molar-refractivity contribution in [1.82, 2.24) is 25.8 Å². The van der Waals surface area contributed by atoms with Crippen molar-refractivity contribution >= 4 is 16.9 Å². The van der Waals surface area contributed by atoms with Gasteiger partial charge in [0, 0.05) is 42.0 Å². The summed E-state index contributed by atoms with van der Waals surface area (Å²) in [5.41, 5.74) is 3.77. The van der Waals surface area contributed by atoms with E-state index in [-0.39, 0.29) is 5.92 Å². The predicted molar refractivity (Wildman–Crippen MR) is 113 cm³/mol. The zero-order valence-electron chi connectivity index (χ0n) is 17.2. The van der Waals surface area contributed by atoms with Crippen molar-refractivity contribution in [2.24, 2.45) is 4.99 Å². The van der Waals surface area contributed by atoms with E-state index in [0.29, 0.717) is 18.9 Å². The van der Waals surface area contributed by atoms with Crippen LogP contribution < -0.4 is 10.6 Å². The quantitative estimate of drug-likeness (QED) is 0.411. The molecule has 0 aliphatic rings. The predicted octanol–water partition coefficient (Wildman–Crippen LogP) is 3.32. The molecule has 0 unspecified atom stereocenters. The minimum Gasteiger partial charge on any atom is -0.358 e. The number of hydrogen-bond donors (Lipinski definition) is 3. The molecule has 1 aromatic carbocycles. The Kier molecular flexibility index (Phi) is 6.68. The first-order valence-corrected chi connectivity index (χ1v) is 9.99. The zero-order valence-corrected chi connectivity index (χ0v) is 17.2. The van der Waals surface area contributed by atoms with Gasteiger partial charge in [0.1, 0.15) is 0 Å². The first kappa shape index (κ1) is 19.9. The topological polar surface area (TPSA) is 91.1 Å². The van der Waals surface area contributed by atoms with Gasteiger partial charge < -0.3 is 20.1 Å². The van der Waals surface area contributed by atoms with E-state index in [1.54, 1.807) is 0 Å². The highest BCUT2D eigenvalue weighted by molar-refractivity contribution is 5.84. The Labute approximate surface area is 166 Å². The van der Waals surface area contributed by atoms with Gasteiger partial charge in [0.05, 0.1) is 6.54 Å². The normalized spacial score (nSPS) is 12.1. The number of fused-ring (bicyclic) bond motifs is 1. The average Bonchev–Trinajstić information content (AvgIpc) is 3.26. The Morgan fingerprint density at radius 3 is 2.79 bits per heavy atom. The van der Waals surface area contributed by atoms with Crippen LogP contribution in [0.25, 0.3) is 10.9 Å². The summed E-state index contributed by atoms with van der Waals surface area (Å²) in [6, 6.07) is 8.43. The Bertz CT molecular complexity index is 924. The summed E-state index contributed by atoms with van der Waals surface area (Å²) < 4.78 is 5.28. The van der Waals surface area contributed by atoms with Crippen LogP contribution in [-0.2, 0) is 12.8 Å². The van der Waals surface area contributed by atoms with E-state index in [1.807, 2.05) is 0 Å². The molecule has 2 aromatic heterocycles. The molecule has 3 N–H and O–H groups in total. The number of H-pyrrole nitrogens is 1. The van der Waals surface area contributed by atoms with Crippen molar-refractivity contribution in [3.63, 3.8) is 0 Å². The standard InChI is InChI=1S/C21H30N6O/c1-5-22-21(24-13-11-19-26-20(14(2)3)27-28-19)23-12-10-16-15(4)25-18-9-7-6-8-17(16)18/h6-9,14,25H,5,10-13H2,1-4H3,(H2,22,23,24). The molecule has 7 nitrogen and oxygen atoms in total. The maximum atomic E-state index is 5.28. The molecule has 0 saturated heterocycles. The first-order valence-electron chi connectivity index (χ1n) is 9.99. The van der Waals surface area contributed by atoms with Gasteiger partial charge in [0.2, 0.25) is 5.89 Å². The molecule has 150 valence electrons. The van der Waals surface area contributed by atoms with Crippen molar-refractivity contribution in [3.8, 4) is 0 Å². The number of benzene rings is 1. The van der Waals surface area contributed by atoms with E-state index in [4.69, 9.17) is 4.52 Å². The summed E-state index contributed by atoms with van der Waals surface area (Å²) >= 11 is 0. The molecule has 3 aromatic rings. The fraction of sp³-hybridized carbons (Fsp3) is 0.476. The van der Waals surface area contributed by atoms with E-state index < -0.39 is 0 Å². The molecular formula is C21H30N6O. The summed E-state index contributed by atoms with van der Waals surface area (Å²) in [6.45, 7) is 10.5. The number of aromatic nitrogens is 3. The monoisotopic (exact) mass is 382 g/mol. The molecule has 3 rings (SSSR count). The number of para-hydroxylation sites is 1. The van der Waals surface area contributed by atoms with Gasteiger partial charge in [-0.3, -0.25) is 4.99 Å². The van der Waals surface area contributed by atoms with Crippen LogP contribution >= 0.6 is 0 Å². The number of hydrogen-bond acceptors (Lipinski definition) is 4. The van der Waals surface area contributed by atoms with Gasteiger partial charge in [0.15, 0.2) is 11.8 Å². The second-order valence-corrected chi connectivity index (χ2v) is 7.16. The SMILES string of the molecule is CCNC(=NCCc1nc(C(C)C)no1)NCCc1c(C)[nH]c2ccccc12. The van der Waals surface area contributed by atoms with E-state index in [2.05, 4.69) is 82.7 Å². The highest BCUT2D eigenvalue weighted by atomic mass is 16.5. The van der Waals surface area contributed by atoms with Gasteiger partial charge >= 0.3 is 0 Å². The largest absolute Gasteiger partial charge is 0.358 e. The Hall–Kier alpha value is -2.83. The van der Waals surface area contributed by atoms with Gasteiger partial charge in [-0.15, -0.1) is 0 Å². The summed E-state index contributed by atoms with van der Waals surface area (Å²) in [5, 5.41) is 12.0. The van der Waals surface area contributed by atoms with E-state index in [0.717, 1.165) is 31.3 Å². The molecule has 7 heteroatoms. The van der Waals surface area contributed by atoms with Gasteiger partial charge in [-0.25, -0.2) is 0 Å². The molecule has 0 aliphatic carbocycles. The molecule has 28 heavy (non-hydrogen) atoms. The summed E-state index contributed by atoms with van der Waals surface area (Å²) in [4.78, 5) is 12.5. The third kappa shape index (κ3) is 4.91. The maximum absolute atomic E-state index is 5.28. The van der Waals surface area contributed by atoms with Crippen molar-refractivity contribution in [2.75, 3.05) is 19.6 Å². The molecule has 0 bridgehead atoms. The van der Waals surface area contributed by atoms with Crippen LogP contribution in [0.15, 0.2) is 33.8 Å². The van der Waals surface area contributed by atoms with Crippen molar-refractivity contribution < 1.29 is 4.52 Å². The number of nitrogens with zero attached hydrogens (tertiary/aromatic N) is 3. The maximum Gasteiger partial charge on any atom is 0.228 e. The third-order valence-electron chi connectivity index (χ3n) is 4.63. The summed E-state index contributed by atoms with van der Waals surface area (Å²) in [5.74, 6) is 2.47. The molecule has 0 amide bonds. The first-order chi connectivity index (χ1) is 13.6. The molecule has 0 fully saturated rings. The number of rotatable bonds is 8. The second kappa shape index (κ2) is 9.39. The van der Waals surface area contributed by atoms with Gasteiger partial charge in [-0.2, -0.15) is 4.98 Å². The lowest BCUT2D eigenvalue weighted by Crippen LogP contribution is -2.38. The highest BCUT2D eigenvalue weighted by Crippen LogP contribution is 2.21. The van der Waals surface area contributed by atoms with Gasteiger partial charge in [-0.05, 0) is 31.9 Å². The zero-order chi connectivity index (χ0) is 19.9. The van der Waals surface area contributed by atoms with Crippen molar-refractivity contribution in [2.45, 2.75) is 46.5 Å². The smallest absolute Gasteiger partial charge is 0.228 e. The van der Waals surface area contributed by atoms with Crippen LogP contribution in [0.3, 0.4) is 0 Å². The minimum atomic E-state index is 0.271. The van der Waals surface area contributed by atoms with Gasteiger partial charge in [0.25, 0.3) is 0 Å². The molecule has 0 atom stereocenters. The number of nitrogens with one attached hydrogen (secondary N) is 3. The highest BCUT2D eigenvalue weighted by Gasteiger charge is 2.10. The lowest BCUT2D eigenvalue weighted by Gasteiger charge is -2.11. The van der Waals surface area contributed by atoms with Crippen LogP contribution in [-0.4, -0.2) is 40.7 Å². The van der Waals surface area contributed by atoms with E-state index in [1.165, 1.54) is 22.2 Å². The third-order valence-corrected chi connectivity index (χ3v) is 4.63. The van der Waals surface area contributed by atoms with Gasteiger partial charge in [-0.1, -0.05) is 37.2 Å². The van der Waals surface area contributed by atoms with E-state index >= 15 is 0 Å². The average molecular weight is 383 g/mol. The number of aromatic amines is 1. The molecule has 0 radical (unpaired) electrons. The Morgan fingerprint density at radius 2 is 2.04 bits per heavy atom. The number of aliphatic imine (C=N–C) groups is 1.